The summed E-state index contributed by atoms with van der Waals surface area (Å²) in [5.74, 6) is -0.234. The van der Waals surface area contributed by atoms with E-state index in [1.807, 2.05) is 42.6 Å². The molecule has 0 spiro atoms. The fourth-order valence-corrected chi connectivity index (χ4v) is 4.39. The second-order valence-electron chi connectivity index (χ2n) is 8.56. The molecule has 4 rings (SSSR count). The summed E-state index contributed by atoms with van der Waals surface area (Å²) in [6.07, 6.45) is 3.91. The largest absolute Gasteiger partial charge is 0.465 e. The Morgan fingerprint density at radius 1 is 1.03 bits per heavy atom. The highest BCUT2D eigenvalue weighted by Crippen LogP contribution is 2.22. The molecule has 7 heteroatoms. The molecule has 3 aromatic rings. The van der Waals surface area contributed by atoms with Crippen LogP contribution in [0.5, 0.6) is 0 Å². The van der Waals surface area contributed by atoms with Crippen molar-refractivity contribution < 1.29 is 14.3 Å². The zero-order valence-corrected chi connectivity index (χ0v) is 19.2. The first kappa shape index (κ1) is 23.0. The van der Waals surface area contributed by atoms with Crippen molar-refractivity contribution in [2.75, 3.05) is 46.4 Å². The van der Waals surface area contributed by atoms with Gasteiger partial charge in [0.2, 0.25) is 5.91 Å². The topological polar surface area (TPSA) is 77.7 Å². The van der Waals surface area contributed by atoms with E-state index in [-0.39, 0.29) is 11.9 Å². The average Bonchev–Trinajstić information content (AvgIpc) is 3.10. The number of carbonyl (C=O) groups excluding carboxylic acids is 2. The molecular formula is C26H32N4O3. The lowest BCUT2D eigenvalue weighted by Crippen LogP contribution is -2.39. The van der Waals surface area contributed by atoms with Crippen LogP contribution >= 0.6 is 0 Å². The third kappa shape index (κ3) is 6.21. The van der Waals surface area contributed by atoms with Crippen molar-refractivity contribution in [2.24, 2.45) is 0 Å². The van der Waals surface area contributed by atoms with Gasteiger partial charge in [0, 0.05) is 43.3 Å². The maximum Gasteiger partial charge on any atom is 0.337 e. The molecule has 2 aromatic carbocycles. The van der Waals surface area contributed by atoms with Crippen LogP contribution in [0.3, 0.4) is 0 Å². The summed E-state index contributed by atoms with van der Waals surface area (Å²) in [5.41, 5.74) is 3.94. The van der Waals surface area contributed by atoms with Gasteiger partial charge in [-0.3, -0.25) is 14.6 Å². The molecule has 1 amide bonds. The van der Waals surface area contributed by atoms with Crippen LogP contribution < -0.4 is 5.32 Å². The first-order chi connectivity index (χ1) is 16.1. The van der Waals surface area contributed by atoms with Gasteiger partial charge >= 0.3 is 5.97 Å². The van der Waals surface area contributed by atoms with Gasteiger partial charge in [-0.15, -0.1) is 0 Å². The summed E-state index contributed by atoms with van der Waals surface area (Å²) in [6.45, 7) is 5.69. The zero-order valence-electron chi connectivity index (χ0n) is 19.2. The van der Waals surface area contributed by atoms with E-state index in [2.05, 4.69) is 32.2 Å². The number of aromatic amines is 1. The average molecular weight is 449 g/mol. The van der Waals surface area contributed by atoms with Gasteiger partial charge < -0.3 is 15.0 Å². The molecule has 0 radical (unpaired) electrons. The lowest BCUT2D eigenvalue weighted by Gasteiger charge is -2.21. The molecular weight excluding hydrogens is 416 g/mol. The first-order valence-corrected chi connectivity index (χ1v) is 11.6. The van der Waals surface area contributed by atoms with Crippen LogP contribution in [0.25, 0.3) is 10.9 Å². The number of carbonyl (C=O) groups is 2. The van der Waals surface area contributed by atoms with Crippen molar-refractivity contribution in [1.29, 1.82) is 0 Å². The number of nitrogens with one attached hydrogen (secondary N) is 2. The van der Waals surface area contributed by atoms with E-state index in [0.29, 0.717) is 18.7 Å². The molecule has 2 heterocycles. The Morgan fingerprint density at radius 2 is 1.82 bits per heavy atom. The van der Waals surface area contributed by atoms with E-state index in [9.17, 15) is 9.59 Å². The molecule has 7 nitrogen and oxygen atoms in total. The summed E-state index contributed by atoms with van der Waals surface area (Å²) < 4.78 is 4.81. The predicted molar refractivity (Wildman–Crippen MR) is 129 cm³/mol. The van der Waals surface area contributed by atoms with Gasteiger partial charge in [-0.05, 0) is 49.2 Å². The van der Waals surface area contributed by atoms with Gasteiger partial charge in [-0.1, -0.05) is 36.4 Å². The highest BCUT2D eigenvalue weighted by Gasteiger charge is 2.18. The molecule has 1 saturated heterocycles. The number of hydrogen-bond donors (Lipinski definition) is 2. The van der Waals surface area contributed by atoms with Crippen molar-refractivity contribution in [3.63, 3.8) is 0 Å². The molecule has 1 aliphatic heterocycles. The van der Waals surface area contributed by atoms with Crippen LogP contribution in [0.15, 0.2) is 54.7 Å². The number of amides is 1. The molecule has 33 heavy (non-hydrogen) atoms. The van der Waals surface area contributed by atoms with Gasteiger partial charge in [0.1, 0.15) is 0 Å². The second kappa shape index (κ2) is 11.1. The highest BCUT2D eigenvalue weighted by atomic mass is 16.5. The molecule has 0 saturated carbocycles. The van der Waals surface area contributed by atoms with Crippen molar-refractivity contribution in [1.82, 2.24) is 20.1 Å². The van der Waals surface area contributed by atoms with Crippen LogP contribution in [0, 0.1) is 0 Å². The Morgan fingerprint density at radius 3 is 2.64 bits per heavy atom. The number of methoxy groups -OCH3 is 1. The Kier molecular flexibility index (Phi) is 7.75. The van der Waals surface area contributed by atoms with E-state index in [1.54, 1.807) is 0 Å². The van der Waals surface area contributed by atoms with E-state index < -0.39 is 0 Å². The lowest BCUT2D eigenvalue weighted by molar-refractivity contribution is -0.122. The number of aromatic nitrogens is 1. The maximum atomic E-state index is 12.4. The van der Waals surface area contributed by atoms with Crippen LogP contribution in [0.2, 0.25) is 0 Å². The summed E-state index contributed by atoms with van der Waals surface area (Å²) in [6, 6.07) is 15.9. The monoisotopic (exact) mass is 448 g/mol. The molecule has 174 valence electrons. The summed E-state index contributed by atoms with van der Waals surface area (Å²) >= 11 is 0. The minimum absolute atomic E-state index is 0.0948. The SMILES string of the molecule is COC(=O)c1ccc2c(CN3CCCN(CC(=O)NCCc4ccccc4)CC3)c[nH]c2c1. The fourth-order valence-electron chi connectivity index (χ4n) is 4.39. The molecule has 0 atom stereocenters. The minimum Gasteiger partial charge on any atom is -0.465 e. The third-order valence-electron chi connectivity index (χ3n) is 6.21. The zero-order chi connectivity index (χ0) is 23.0. The molecule has 0 unspecified atom stereocenters. The Bertz CT molecular complexity index is 1080. The molecule has 2 N–H and O–H groups in total. The normalized spacial score (nSPS) is 15.3. The minimum atomic E-state index is -0.329. The standard InChI is InChI=1S/C26H32N4O3/c1-33-26(32)21-8-9-23-22(17-28-24(23)16-21)18-29-12-5-13-30(15-14-29)19-25(31)27-11-10-20-6-3-2-4-7-20/h2-4,6-9,16-17,28H,5,10-15,18-19H2,1H3,(H,27,31). The molecule has 0 aliphatic carbocycles. The number of nitrogens with zero attached hydrogens (tertiary/aromatic N) is 2. The van der Waals surface area contributed by atoms with Crippen LogP contribution in [-0.4, -0.2) is 73.0 Å². The fraction of sp³-hybridized carbons (Fsp3) is 0.385. The number of H-pyrrole nitrogens is 1. The third-order valence-corrected chi connectivity index (χ3v) is 6.21. The Labute approximate surface area is 194 Å². The Balaban J connectivity index is 1.25. The molecule has 1 fully saturated rings. The molecule has 1 aliphatic rings. The van der Waals surface area contributed by atoms with Gasteiger partial charge in [0.25, 0.3) is 0 Å². The van der Waals surface area contributed by atoms with Crippen LogP contribution in [0.1, 0.15) is 27.9 Å². The van der Waals surface area contributed by atoms with Gasteiger partial charge in [0.05, 0.1) is 19.2 Å². The lowest BCUT2D eigenvalue weighted by atomic mass is 10.1. The van der Waals surface area contributed by atoms with Crippen LogP contribution in [-0.2, 0) is 22.5 Å². The van der Waals surface area contributed by atoms with Crippen molar-refractivity contribution >= 4 is 22.8 Å². The van der Waals surface area contributed by atoms with E-state index in [4.69, 9.17) is 4.74 Å². The number of rotatable bonds is 8. The maximum absolute atomic E-state index is 12.4. The predicted octanol–water partition coefficient (Wildman–Crippen LogP) is 2.82. The van der Waals surface area contributed by atoms with Crippen molar-refractivity contribution in [2.45, 2.75) is 19.4 Å². The number of benzene rings is 2. The molecule has 1 aromatic heterocycles. The number of hydrogen-bond acceptors (Lipinski definition) is 5. The van der Waals surface area contributed by atoms with Crippen molar-refractivity contribution in [3.8, 4) is 0 Å². The number of esters is 1. The Hall–Kier alpha value is -3.16. The first-order valence-electron chi connectivity index (χ1n) is 11.6. The molecule has 0 bridgehead atoms. The summed E-state index contributed by atoms with van der Waals surface area (Å²) in [7, 11) is 1.39. The van der Waals surface area contributed by atoms with E-state index >= 15 is 0 Å². The van der Waals surface area contributed by atoms with E-state index in [1.165, 1.54) is 18.2 Å². The quantitative estimate of drug-likeness (QED) is 0.518. The highest BCUT2D eigenvalue weighted by molar-refractivity contribution is 5.95. The number of fused-ring (bicyclic) bond motifs is 1. The van der Waals surface area contributed by atoms with Gasteiger partial charge in [-0.2, -0.15) is 0 Å². The summed E-state index contributed by atoms with van der Waals surface area (Å²) in [4.78, 5) is 32.1. The van der Waals surface area contributed by atoms with E-state index in [0.717, 1.165) is 56.5 Å². The second-order valence-corrected chi connectivity index (χ2v) is 8.56. The van der Waals surface area contributed by atoms with Gasteiger partial charge in [0.15, 0.2) is 0 Å². The summed E-state index contributed by atoms with van der Waals surface area (Å²) in [5, 5.41) is 4.18. The number of ether oxygens (including phenoxy) is 1. The van der Waals surface area contributed by atoms with Gasteiger partial charge in [-0.25, -0.2) is 4.79 Å². The smallest absolute Gasteiger partial charge is 0.337 e. The van der Waals surface area contributed by atoms with Crippen LogP contribution in [0.4, 0.5) is 0 Å². The van der Waals surface area contributed by atoms with Crippen molar-refractivity contribution in [3.05, 3.63) is 71.4 Å².